The summed E-state index contributed by atoms with van der Waals surface area (Å²) in [6.45, 7) is 7.63. The Hall–Kier alpha value is -0.130. The van der Waals surface area contributed by atoms with Crippen molar-refractivity contribution in [1.82, 2.24) is 10.2 Å². The fourth-order valence-corrected chi connectivity index (χ4v) is 4.93. The average molecular weight is 274 g/mol. The highest BCUT2D eigenvalue weighted by atomic mass is 32.2. The molecule has 0 aromatic carbocycles. The lowest BCUT2D eigenvalue weighted by atomic mass is 10.1. The SMILES string of the molecule is CC1CCN(CC2CCS(=O)(=O)C2)CCC(C)N1. The minimum Gasteiger partial charge on any atom is -0.312 e. The van der Waals surface area contributed by atoms with Crippen molar-refractivity contribution in [3.8, 4) is 0 Å². The van der Waals surface area contributed by atoms with Crippen LogP contribution in [-0.4, -0.2) is 56.5 Å². The van der Waals surface area contributed by atoms with Crippen molar-refractivity contribution in [1.29, 1.82) is 0 Å². The van der Waals surface area contributed by atoms with Crippen LogP contribution in [0.4, 0.5) is 0 Å². The van der Waals surface area contributed by atoms with Crippen molar-refractivity contribution in [3.63, 3.8) is 0 Å². The first-order chi connectivity index (χ1) is 8.44. The van der Waals surface area contributed by atoms with E-state index in [2.05, 4.69) is 24.1 Å². The van der Waals surface area contributed by atoms with E-state index < -0.39 is 9.84 Å². The normalized spacial score (nSPS) is 38.2. The van der Waals surface area contributed by atoms with Gasteiger partial charge in [-0.2, -0.15) is 0 Å². The quantitative estimate of drug-likeness (QED) is 0.812. The first kappa shape index (κ1) is 14.3. The van der Waals surface area contributed by atoms with Crippen LogP contribution in [0.2, 0.25) is 0 Å². The molecule has 1 N–H and O–H groups in total. The minimum atomic E-state index is -2.72. The number of rotatable bonds is 2. The van der Waals surface area contributed by atoms with Crippen LogP contribution in [0, 0.1) is 5.92 Å². The van der Waals surface area contributed by atoms with Gasteiger partial charge in [-0.25, -0.2) is 8.42 Å². The van der Waals surface area contributed by atoms with Crippen LogP contribution in [0.3, 0.4) is 0 Å². The van der Waals surface area contributed by atoms with Crippen LogP contribution in [0.15, 0.2) is 0 Å². The summed E-state index contributed by atoms with van der Waals surface area (Å²) in [5.74, 6) is 1.18. The molecule has 0 spiro atoms. The molecule has 0 aliphatic carbocycles. The zero-order valence-corrected chi connectivity index (χ0v) is 12.4. The van der Waals surface area contributed by atoms with E-state index in [1.165, 1.54) is 0 Å². The lowest BCUT2D eigenvalue weighted by Crippen LogP contribution is -2.44. The van der Waals surface area contributed by atoms with E-state index in [0.29, 0.717) is 29.5 Å². The van der Waals surface area contributed by atoms with Crippen LogP contribution in [-0.2, 0) is 9.84 Å². The average Bonchev–Trinajstić information content (AvgIpc) is 2.60. The Bertz CT molecular complexity index is 357. The summed E-state index contributed by atoms with van der Waals surface area (Å²) in [5, 5.41) is 3.59. The smallest absolute Gasteiger partial charge is 0.150 e. The van der Waals surface area contributed by atoms with Crippen LogP contribution in [0.1, 0.15) is 33.1 Å². The third-order valence-corrected chi connectivity index (χ3v) is 6.01. The van der Waals surface area contributed by atoms with Crippen LogP contribution in [0.5, 0.6) is 0 Å². The third-order valence-electron chi connectivity index (χ3n) is 4.17. The molecule has 2 fully saturated rings. The second-order valence-corrected chi connectivity index (χ2v) is 8.34. The molecule has 0 aromatic heterocycles. The lowest BCUT2D eigenvalue weighted by molar-refractivity contribution is 0.197. The van der Waals surface area contributed by atoms with Crippen molar-refractivity contribution in [2.24, 2.45) is 5.92 Å². The maximum Gasteiger partial charge on any atom is 0.150 e. The van der Waals surface area contributed by atoms with E-state index in [4.69, 9.17) is 0 Å². The first-order valence-corrected chi connectivity index (χ1v) is 8.95. The highest BCUT2D eigenvalue weighted by Gasteiger charge is 2.29. The van der Waals surface area contributed by atoms with Crippen LogP contribution >= 0.6 is 0 Å². The largest absolute Gasteiger partial charge is 0.312 e. The molecule has 2 aliphatic rings. The first-order valence-electron chi connectivity index (χ1n) is 7.13. The summed E-state index contributed by atoms with van der Waals surface area (Å²) < 4.78 is 23.0. The molecule has 0 aromatic rings. The van der Waals surface area contributed by atoms with Gasteiger partial charge >= 0.3 is 0 Å². The maximum atomic E-state index is 11.5. The van der Waals surface area contributed by atoms with E-state index in [1.54, 1.807) is 0 Å². The van der Waals surface area contributed by atoms with Gasteiger partial charge in [-0.3, -0.25) is 0 Å². The van der Waals surface area contributed by atoms with Gasteiger partial charge in [0.15, 0.2) is 9.84 Å². The molecule has 2 saturated heterocycles. The topological polar surface area (TPSA) is 49.4 Å². The fourth-order valence-electron chi connectivity index (χ4n) is 3.08. The Labute approximate surface area is 111 Å². The van der Waals surface area contributed by atoms with E-state index in [9.17, 15) is 8.42 Å². The Balaban J connectivity index is 1.84. The Morgan fingerprint density at radius 2 is 1.72 bits per heavy atom. The van der Waals surface area contributed by atoms with E-state index in [1.807, 2.05) is 0 Å². The van der Waals surface area contributed by atoms with Crippen molar-refractivity contribution in [2.75, 3.05) is 31.1 Å². The molecule has 0 saturated carbocycles. The van der Waals surface area contributed by atoms with Gasteiger partial charge in [0.25, 0.3) is 0 Å². The Morgan fingerprint density at radius 3 is 2.22 bits per heavy atom. The molecule has 3 unspecified atom stereocenters. The molecule has 106 valence electrons. The molecule has 2 heterocycles. The van der Waals surface area contributed by atoms with E-state index >= 15 is 0 Å². The zero-order valence-electron chi connectivity index (χ0n) is 11.6. The van der Waals surface area contributed by atoms with Gasteiger partial charge in [-0.1, -0.05) is 0 Å². The molecule has 18 heavy (non-hydrogen) atoms. The van der Waals surface area contributed by atoms with Crippen molar-refractivity contribution < 1.29 is 8.42 Å². The molecule has 0 bridgehead atoms. The second-order valence-electron chi connectivity index (χ2n) is 6.12. The number of hydrogen-bond acceptors (Lipinski definition) is 4. The Kier molecular flexibility index (Phi) is 4.67. The minimum absolute atomic E-state index is 0.369. The summed E-state index contributed by atoms with van der Waals surface area (Å²) in [6, 6.07) is 1.13. The molecular formula is C13H26N2O2S. The third kappa shape index (κ3) is 4.21. The van der Waals surface area contributed by atoms with Gasteiger partial charge in [0.2, 0.25) is 0 Å². The molecular weight excluding hydrogens is 248 g/mol. The summed E-state index contributed by atoms with van der Waals surface area (Å²) >= 11 is 0. The van der Waals surface area contributed by atoms with Gasteiger partial charge in [-0.15, -0.1) is 0 Å². The van der Waals surface area contributed by atoms with Gasteiger partial charge in [0.1, 0.15) is 0 Å². The van der Waals surface area contributed by atoms with Crippen molar-refractivity contribution >= 4 is 9.84 Å². The summed E-state index contributed by atoms with van der Waals surface area (Å²) in [5.41, 5.74) is 0. The molecule has 2 aliphatic heterocycles. The monoisotopic (exact) mass is 274 g/mol. The van der Waals surface area contributed by atoms with E-state index in [0.717, 1.165) is 38.9 Å². The standard InChI is InChI=1S/C13H26N2O2S/c1-11-3-6-15(7-4-12(2)14-11)9-13-5-8-18(16,17)10-13/h11-14H,3-10H2,1-2H3. The molecule has 5 heteroatoms. The number of nitrogens with zero attached hydrogens (tertiary/aromatic N) is 1. The molecule has 0 radical (unpaired) electrons. The molecule has 3 atom stereocenters. The molecule has 4 nitrogen and oxygen atoms in total. The molecule has 0 amide bonds. The lowest BCUT2D eigenvalue weighted by Gasteiger charge is -2.32. The number of hydrogen-bond donors (Lipinski definition) is 1. The van der Waals surface area contributed by atoms with Crippen molar-refractivity contribution in [3.05, 3.63) is 0 Å². The highest BCUT2D eigenvalue weighted by molar-refractivity contribution is 7.91. The molecule has 2 rings (SSSR count). The van der Waals surface area contributed by atoms with Gasteiger partial charge in [0, 0.05) is 18.6 Å². The summed E-state index contributed by atoms with van der Waals surface area (Å²) in [7, 11) is -2.72. The van der Waals surface area contributed by atoms with Crippen LogP contribution in [0.25, 0.3) is 0 Å². The van der Waals surface area contributed by atoms with Crippen molar-refractivity contribution in [2.45, 2.75) is 45.2 Å². The zero-order chi connectivity index (χ0) is 13.2. The van der Waals surface area contributed by atoms with Crippen LogP contribution < -0.4 is 5.32 Å². The second kappa shape index (κ2) is 5.88. The fraction of sp³-hybridized carbons (Fsp3) is 1.00. The predicted octanol–water partition coefficient (Wildman–Crippen LogP) is 0.884. The Morgan fingerprint density at radius 1 is 1.11 bits per heavy atom. The number of sulfone groups is 1. The van der Waals surface area contributed by atoms with Gasteiger partial charge in [0.05, 0.1) is 11.5 Å². The summed E-state index contributed by atoms with van der Waals surface area (Å²) in [6.07, 6.45) is 3.18. The van der Waals surface area contributed by atoms with Gasteiger partial charge < -0.3 is 10.2 Å². The summed E-state index contributed by atoms with van der Waals surface area (Å²) in [4.78, 5) is 2.47. The van der Waals surface area contributed by atoms with E-state index in [-0.39, 0.29) is 0 Å². The van der Waals surface area contributed by atoms with Gasteiger partial charge in [-0.05, 0) is 52.1 Å². The number of nitrogens with one attached hydrogen (secondary N) is 1. The highest BCUT2D eigenvalue weighted by Crippen LogP contribution is 2.20. The predicted molar refractivity (Wildman–Crippen MR) is 74.5 cm³/mol. The maximum absolute atomic E-state index is 11.5.